The van der Waals surface area contributed by atoms with Gasteiger partial charge in [0.15, 0.2) is 5.60 Å². The molecule has 0 fully saturated rings. The number of aliphatic hydroxyl groups is 1. The number of nitrogens with one attached hydrogen (secondary N) is 2. The van der Waals surface area contributed by atoms with Gasteiger partial charge in [-0.25, -0.2) is 0 Å². The van der Waals surface area contributed by atoms with Gasteiger partial charge in [-0.1, -0.05) is 35.9 Å². The largest absolute Gasteiger partial charge is 0.466 e. The number of aryl methyl sites for hydroxylation is 1. The van der Waals surface area contributed by atoms with E-state index < -0.39 is 17.4 Å². The van der Waals surface area contributed by atoms with Crippen LogP contribution in [0.2, 0.25) is 0 Å². The topological polar surface area (TPSA) is 91.6 Å². The van der Waals surface area contributed by atoms with Gasteiger partial charge in [0.1, 0.15) is 5.76 Å². The molecule has 140 valence electrons. The van der Waals surface area contributed by atoms with Crippen molar-refractivity contribution in [3.8, 4) is 0 Å². The maximum absolute atomic E-state index is 12.1. The fraction of sp³-hybridized carbons (Fsp3) is 0.200. The summed E-state index contributed by atoms with van der Waals surface area (Å²) in [6.45, 7) is 2.04. The van der Waals surface area contributed by atoms with Crippen LogP contribution in [0.1, 0.15) is 21.8 Å². The first-order valence-electron chi connectivity index (χ1n) is 8.41. The minimum absolute atomic E-state index is 0.183. The lowest BCUT2D eigenvalue weighted by atomic mass is 9.98. The minimum atomic E-state index is -1.54. The van der Waals surface area contributed by atoms with Crippen molar-refractivity contribution in [3.05, 3.63) is 81.9 Å². The lowest BCUT2D eigenvalue weighted by Gasteiger charge is -2.25. The number of carbonyl (C=O) groups excluding carboxylic acids is 2. The number of hydrogen-bond donors (Lipinski definition) is 3. The van der Waals surface area contributed by atoms with E-state index in [1.165, 1.54) is 17.6 Å². The standard InChI is InChI=1S/C20H20N2O4S/c1-14-6-8-15(9-7-14)12-21-18(23)19(24)22-13-20(25,16-4-2-10-26-16)17-5-3-11-27-17/h2-11,25H,12-13H2,1H3,(H,21,23)(H,22,24). The van der Waals surface area contributed by atoms with Gasteiger partial charge in [-0.2, -0.15) is 0 Å². The van der Waals surface area contributed by atoms with Crippen molar-refractivity contribution in [2.75, 3.05) is 6.54 Å². The van der Waals surface area contributed by atoms with Crippen LogP contribution in [-0.4, -0.2) is 23.5 Å². The Labute approximate surface area is 160 Å². The number of benzene rings is 1. The molecule has 7 heteroatoms. The zero-order valence-electron chi connectivity index (χ0n) is 14.8. The zero-order chi connectivity index (χ0) is 19.3. The van der Waals surface area contributed by atoms with Crippen LogP contribution in [0, 0.1) is 6.92 Å². The molecule has 3 rings (SSSR count). The molecule has 0 saturated heterocycles. The molecule has 0 spiro atoms. The predicted molar refractivity (Wildman–Crippen MR) is 102 cm³/mol. The van der Waals surface area contributed by atoms with Gasteiger partial charge in [-0.15, -0.1) is 11.3 Å². The Kier molecular flexibility index (Phi) is 5.73. The van der Waals surface area contributed by atoms with Crippen molar-refractivity contribution in [1.82, 2.24) is 10.6 Å². The molecule has 0 saturated carbocycles. The van der Waals surface area contributed by atoms with Crippen molar-refractivity contribution in [3.63, 3.8) is 0 Å². The second kappa shape index (κ2) is 8.20. The van der Waals surface area contributed by atoms with E-state index >= 15 is 0 Å². The molecular weight excluding hydrogens is 364 g/mol. The molecular formula is C20H20N2O4S. The van der Waals surface area contributed by atoms with Gasteiger partial charge >= 0.3 is 11.8 Å². The third-order valence-electron chi connectivity index (χ3n) is 4.14. The minimum Gasteiger partial charge on any atom is -0.466 e. The third-order valence-corrected chi connectivity index (χ3v) is 5.16. The highest BCUT2D eigenvalue weighted by Gasteiger charge is 2.36. The van der Waals surface area contributed by atoms with Crippen LogP contribution in [0.3, 0.4) is 0 Å². The Morgan fingerprint density at radius 2 is 1.81 bits per heavy atom. The number of rotatable bonds is 6. The second-order valence-corrected chi connectivity index (χ2v) is 7.11. The van der Waals surface area contributed by atoms with Gasteiger partial charge in [0.2, 0.25) is 0 Å². The normalized spacial score (nSPS) is 13.0. The summed E-state index contributed by atoms with van der Waals surface area (Å²) in [5.74, 6) is -1.28. The van der Waals surface area contributed by atoms with Crippen molar-refractivity contribution in [2.45, 2.75) is 19.1 Å². The second-order valence-electron chi connectivity index (χ2n) is 6.17. The molecule has 0 radical (unpaired) electrons. The summed E-state index contributed by atoms with van der Waals surface area (Å²) in [4.78, 5) is 24.8. The highest BCUT2D eigenvalue weighted by molar-refractivity contribution is 7.10. The molecule has 3 N–H and O–H groups in total. The molecule has 3 aromatic rings. The quantitative estimate of drug-likeness (QED) is 0.569. The summed E-state index contributed by atoms with van der Waals surface area (Å²) in [5, 5.41) is 17.9. The van der Waals surface area contributed by atoms with Gasteiger partial charge in [0, 0.05) is 11.4 Å². The van der Waals surface area contributed by atoms with Crippen LogP contribution in [0.4, 0.5) is 0 Å². The van der Waals surface area contributed by atoms with Crippen molar-refractivity contribution >= 4 is 23.2 Å². The van der Waals surface area contributed by atoms with Crippen molar-refractivity contribution < 1.29 is 19.1 Å². The number of thiophene rings is 1. The first-order valence-corrected chi connectivity index (χ1v) is 9.29. The Hall–Kier alpha value is -2.90. The van der Waals surface area contributed by atoms with E-state index in [0.717, 1.165) is 11.1 Å². The van der Waals surface area contributed by atoms with Crippen LogP contribution >= 0.6 is 11.3 Å². The molecule has 2 aromatic heterocycles. The molecule has 27 heavy (non-hydrogen) atoms. The van der Waals surface area contributed by atoms with Gasteiger partial charge in [0.05, 0.1) is 12.8 Å². The lowest BCUT2D eigenvalue weighted by Crippen LogP contribution is -2.46. The fourth-order valence-corrected chi connectivity index (χ4v) is 3.41. The van der Waals surface area contributed by atoms with Crippen LogP contribution in [-0.2, 0) is 21.7 Å². The summed E-state index contributed by atoms with van der Waals surface area (Å²) in [6, 6.07) is 14.5. The molecule has 0 aliphatic rings. The van der Waals surface area contributed by atoms with Crippen molar-refractivity contribution in [2.24, 2.45) is 0 Å². The summed E-state index contributed by atoms with van der Waals surface area (Å²) >= 11 is 1.33. The molecule has 1 aromatic carbocycles. The smallest absolute Gasteiger partial charge is 0.309 e. The first kappa shape index (κ1) is 18.9. The van der Waals surface area contributed by atoms with Crippen LogP contribution in [0.25, 0.3) is 0 Å². The first-order chi connectivity index (χ1) is 13.0. The molecule has 0 aliphatic carbocycles. The van der Waals surface area contributed by atoms with E-state index in [4.69, 9.17) is 4.42 Å². The predicted octanol–water partition coefficient (Wildman–Crippen LogP) is 2.32. The zero-order valence-corrected chi connectivity index (χ0v) is 15.6. The molecule has 1 atom stereocenters. The summed E-state index contributed by atoms with van der Waals surface area (Å²) in [7, 11) is 0. The molecule has 2 amide bonds. The Morgan fingerprint density at radius 1 is 1.07 bits per heavy atom. The van der Waals surface area contributed by atoms with E-state index in [9.17, 15) is 14.7 Å². The maximum atomic E-state index is 12.1. The third kappa shape index (κ3) is 4.45. The van der Waals surface area contributed by atoms with Gasteiger partial charge in [0.25, 0.3) is 0 Å². The number of amides is 2. The van der Waals surface area contributed by atoms with E-state index in [0.29, 0.717) is 10.6 Å². The molecule has 1 unspecified atom stereocenters. The summed E-state index contributed by atoms with van der Waals surface area (Å²) in [5.41, 5.74) is 0.478. The maximum Gasteiger partial charge on any atom is 0.309 e. The van der Waals surface area contributed by atoms with E-state index in [2.05, 4.69) is 10.6 Å². The van der Waals surface area contributed by atoms with Crippen LogP contribution in [0.5, 0.6) is 0 Å². The number of carbonyl (C=O) groups is 2. The summed E-state index contributed by atoms with van der Waals surface area (Å²) < 4.78 is 5.34. The monoisotopic (exact) mass is 384 g/mol. The Bertz CT molecular complexity index is 852. The SMILES string of the molecule is Cc1ccc(CNC(=O)C(=O)NCC(O)(c2ccco2)c2cccs2)cc1. The number of furan rings is 1. The molecule has 6 nitrogen and oxygen atoms in total. The molecule has 0 bridgehead atoms. The highest BCUT2D eigenvalue weighted by Crippen LogP contribution is 2.32. The fourth-order valence-electron chi connectivity index (χ4n) is 2.58. The average molecular weight is 384 g/mol. The van der Waals surface area contributed by atoms with E-state index in [1.807, 2.05) is 36.6 Å². The van der Waals surface area contributed by atoms with E-state index in [1.54, 1.807) is 24.3 Å². The molecule has 0 aliphatic heterocycles. The average Bonchev–Trinajstić information content (AvgIpc) is 3.39. The van der Waals surface area contributed by atoms with Crippen LogP contribution < -0.4 is 10.6 Å². The Morgan fingerprint density at radius 3 is 2.44 bits per heavy atom. The lowest BCUT2D eigenvalue weighted by molar-refractivity contribution is -0.139. The molecule has 2 heterocycles. The number of hydrogen-bond acceptors (Lipinski definition) is 5. The van der Waals surface area contributed by atoms with Crippen LogP contribution in [0.15, 0.2) is 64.6 Å². The highest BCUT2D eigenvalue weighted by atomic mass is 32.1. The Balaban J connectivity index is 1.61. The van der Waals surface area contributed by atoms with Gasteiger partial charge in [-0.3, -0.25) is 9.59 Å². The van der Waals surface area contributed by atoms with Gasteiger partial charge in [-0.05, 0) is 36.1 Å². The van der Waals surface area contributed by atoms with Crippen molar-refractivity contribution in [1.29, 1.82) is 0 Å². The van der Waals surface area contributed by atoms with Gasteiger partial charge < -0.3 is 20.2 Å². The van der Waals surface area contributed by atoms with E-state index in [-0.39, 0.29) is 13.1 Å². The summed E-state index contributed by atoms with van der Waals surface area (Å²) in [6.07, 6.45) is 1.45.